The van der Waals surface area contributed by atoms with Crippen molar-refractivity contribution < 1.29 is 19.2 Å². The first-order valence-electron chi connectivity index (χ1n) is 10.9. The minimum absolute atomic E-state index is 0.117. The second-order valence-electron chi connectivity index (χ2n) is 8.06. The number of nitrogens with zero attached hydrogens (tertiary/aromatic N) is 1. The number of allylic oxidation sites excluding steroid dienone is 1. The standard InChI is InChI=1S/C22H37NO5/c1-28-21(25)15-11-9-7-5-3-2-4-6-8-10-12-16-22(23(26)27)17-13-14-20(18-22)19-24/h14,19H,2-13,15-18H2,1H3. The monoisotopic (exact) mass is 395 g/mol. The lowest BCUT2D eigenvalue weighted by Crippen LogP contribution is -2.40. The molecule has 0 amide bonds. The Morgan fingerprint density at radius 1 is 1.07 bits per heavy atom. The van der Waals surface area contributed by atoms with Crippen molar-refractivity contribution in [3.8, 4) is 0 Å². The van der Waals surface area contributed by atoms with Crippen molar-refractivity contribution in [3.63, 3.8) is 0 Å². The summed E-state index contributed by atoms with van der Waals surface area (Å²) in [6.45, 7) is 0. The van der Waals surface area contributed by atoms with E-state index in [-0.39, 0.29) is 10.9 Å². The zero-order chi connectivity index (χ0) is 20.7. The molecule has 0 aromatic carbocycles. The Kier molecular flexibility index (Phi) is 12.4. The molecule has 0 radical (unpaired) electrons. The Morgan fingerprint density at radius 2 is 1.61 bits per heavy atom. The number of ether oxygens (including phenoxy) is 1. The number of carbonyl (C=O) groups excluding carboxylic acids is 2. The van der Waals surface area contributed by atoms with Crippen molar-refractivity contribution >= 4 is 12.3 Å². The van der Waals surface area contributed by atoms with E-state index in [0.29, 0.717) is 37.7 Å². The highest BCUT2D eigenvalue weighted by atomic mass is 16.6. The lowest BCUT2D eigenvalue weighted by Gasteiger charge is -2.28. The minimum Gasteiger partial charge on any atom is -0.469 e. The predicted molar refractivity (Wildman–Crippen MR) is 110 cm³/mol. The lowest BCUT2D eigenvalue weighted by atomic mass is 9.78. The second kappa shape index (κ2) is 14.3. The van der Waals surface area contributed by atoms with E-state index in [9.17, 15) is 19.7 Å². The third-order valence-corrected chi connectivity index (χ3v) is 5.84. The minimum atomic E-state index is -0.918. The van der Waals surface area contributed by atoms with Crippen molar-refractivity contribution in [2.75, 3.05) is 7.11 Å². The van der Waals surface area contributed by atoms with Crippen LogP contribution in [-0.2, 0) is 14.3 Å². The molecule has 0 aromatic rings. The lowest BCUT2D eigenvalue weighted by molar-refractivity contribution is -0.573. The molecule has 1 unspecified atom stereocenters. The Morgan fingerprint density at radius 3 is 2.11 bits per heavy atom. The quantitative estimate of drug-likeness (QED) is 0.112. The summed E-state index contributed by atoms with van der Waals surface area (Å²) in [6, 6.07) is 0. The molecule has 28 heavy (non-hydrogen) atoms. The van der Waals surface area contributed by atoms with Gasteiger partial charge in [0.05, 0.1) is 7.11 Å². The van der Waals surface area contributed by atoms with E-state index in [4.69, 9.17) is 0 Å². The van der Waals surface area contributed by atoms with Crippen molar-refractivity contribution in [3.05, 3.63) is 21.8 Å². The van der Waals surface area contributed by atoms with Crippen LogP contribution in [0.15, 0.2) is 11.6 Å². The first-order chi connectivity index (χ1) is 13.5. The van der Waals surface area contributed by atoms with Crippen molar-refractivity contribution in [1.29, 1.82) is 0 Å². The topological polar surface area (TPSA) is 86.5 Å². The van der Waals surface area contributed by atoms with Gasteiger partial charge in [0, 0.05) is 30.6 Å². The number of nitro groups is 1. The van der Waals surface area contributed by atoms with Crippen molar-refractivity contribution in [2.45, 2.75) is 108 Å². The Balaban J connectivity index is 2.00. The molecule has 0 aromatic heterocycles. The first-order valence-corrected chi connectivity index (χ1v) is 10.9. The highest BCUT2D eigenvalue weighted by molar-refractivity contribution is 5.73. The third kappa shape index (κ3) is 9.47. The molecule has 0 bridgehead atoms. The van der Waals surface area contributed by atoms with E-state index < -0.39 is 5.54 Å². The zero-order valence-corrected chi connectivity index (χ0v) is 17.5. The van der Waals surface area contributed by atoms with Crippen LogP contribution in [-0.4, -0.2) is 29.8 Å². The summed E-state index contributed by atoms with van der Waals surface area (Å²) >= 11 is 0. The average Bonchev–Trinajstić information content (AvgIpc) is 2.71. The maximum atomic E-state index is 11.6. The average molecular weight is 396 g/mol. The fourth-order valence-electron chi connectivity index (χ4n) is 4.03. The molecule has 6 heteroatoms. The summed E-state index contributed by atoms with van der Waals surface area (Å²) in [6.07, 6.45) is 17.5. The van der Waals surface area contributed by atoms with Crippen molar-refractivity contribution in [1.82, 2.24) is 0 Å². The number of esters is 1. The van der Waals surface area contributed by atoms with Crippen molar-refractivity contribution in [2.24, 2.45) is 0 Å². The summed E-state index contributed by atoms with van der Waals surface area (Å²) in [4.78, 5) is 33.4. The van der Waals surface area contributed by atoms with Crippen LogP contribution in [0.25, 0.3) is 0 Å². The summed E-state index contributed by atoms with van der Waals surface area (Å²) in [5.41, 5.74) is -0.327. The summed E-state index contributed by atoms with van der Waals surface area (Å²) < 4.78 is 4.62. The molecule has 160 valence electrons. The van der Waals surface area contributed by atoms with Gasteiger partial charge in [-0.2, -0.15) is 0 Å². The first kappa shape index (κ1) is 24.3. The molecule has 1 aliphatic rings. The molecule has 0 aliphatic heterocycles. The van der Waals surface area contributed by atoms with Gasteiger partial charge in [0.25, 0.3) is 0 Å². The van der Waals surface area contributed by atoms with Crippen LogP contribution in [0.2, 0.25) is 0 Å². The van der Waals surface area contributed by atoms with E-state index >= 15 is 0 Å². The maximum absolute atomic E-state index is 11.6. The summed E-state index contributed by atoms with van der Waals surface area (Å²) in [5.74, 6) is -0.117. The molecular weight excluding hydrogens is 358 g/mol. The predicted octanol–water partition coefficient (Wildman–Crippen LogP) is 5.56. The highest BCUT2D eigenvalue weighted by Crippen LogP contribution is 2.35. The van der Waals surface area contributed by atoms with Crippen LogP contribution in [0.3, 0.4) is 0 Å². The van der Waals surface area contributed by atoms with E-state index in [2.05, 4.69) is 4.74 Å². The van der Waals surface area contributed by atoms with Gasteiger partial charge in [-0.05, 0) is 24.8 Å². The third-order valence-electron chi connectivity index (χ3n) is 5.84. The van der Waals surface area contributed by atoms with Crippen LogP contribution < -0.4 is 0 Å². The van der Waals surface area contributed by atoms with E-state index in [1.807, 2.05) is 6.08 Å². The van der Waals surface area contributed by atoms with Crippen LogP contribution >= 0.6 is 0 Å². The Labute approximate surface area is 169 Å². The van der Waals surface area contributed by atoms with Gasteiger partial charge in [-0.15, -0.1) is 0 Å². The van der Waals surface area contributed by atoms with Gasteiger partial charge in [0.1, 0.15) is 6.29 Å². The largest absolute Gasteiger partial charge is 0.469 e. The number of methoxy groups -OCH3 is 1. The SMILES string of the molecule is COC(=O)CCCCCCCCCCCCCC1([N+](=O)[O-])CCC=C(C=O)C1. The van der Waals surface area contributed by atoms with Gasteiger partial charge in [0.2, 0.25) is 5.54 Å². The summed E-state index contributed by atoms with van der Waals surface area (Å²) in [5, 5.41) is 11.6. The number of hydrogen-bond acceptors (Lipinski definition) is 5. The smallest absolute Gasteiger partial charge is 0.305 e. The zero-order valence-electron chi connectivity index (χ0n) is 17.5. The molecule has 0 saturated carbocycles. The molecule has 0 fully saturated rings. The molecule has 0 heterocycles. The molecule has 0 N–H and O–H groups in total. The molecule has 1 atom stereocenters. The van der Waals surface area contributed by atoms with Crippen LogP contribution in [0.1, 0.15) is 103 Å². The second-order valence-corrected chi connectivity index (χ2v) is 8.06. The number of aldehydes is 1. The van der Waals surface area contributed by atoms with Gasteiger partial charge < -0.3 is 4.74 Å². The van der Waals surface area contributed by atoms with E-state index in [1.54, 1.807) is 0 Å². The normalized spacial score (nSPS) is 19.1. The van der Waals surface area contributed by atoms with Crippen LogP contribution in [0.4, 0.5) is 0 Å². The van der Waals surface area contributed by atoms with Crippen LogP contribution in [0, 0.1) is 10.1 Å². The highest BCUT2D eigenvalue weighted by Gasteiger charge is 2.43. The molecule has 0 saturated heterocycles. The van der Waals surface area contributed by atoms with Gasteiger partial charge in [-0.3, -0.25) is 19.7 Å². The fraction of sp³-hybridized carbons (Fsp3) is 0.818. The Bertz CT molecular complexity index is 517. The maximum Gasteiger partial charge on any atom is 0.305 e. The number of hydrogen-bond donors (Lipinski definition) is 0. The molecule has 1 aliphatic carbocycles. The number of unbranched alkanes of at least 4 members (excludes halogenated alkanes) is 10. The molecule has 1 rings (SSSR count). The molecule has 0 spiro atoms. The van der Waals surface area contributed by atoms with Gasteiger partial charge in [-0.1, -0.05) is 63.9 Å². The van der Waals surface area contributed by atoms with Gasteiger partial charge in [-0.25, -0.2) is 0 Å². The summed E-state index contributed by atoms with van der Waals surface area (Å²) in [7, 11) is 1.43. The molecule has 6 nitrogen and oxygen atoms in total. The van der Waals surface area contributed by atoms with Crippen LogP contribution in [0.5, 0.6) is 0 Å². The number of carbonyl (C=O) groups is 2. The molecular formula is C22H37NO5. The van der Waals surface area contributed by atoms with Gasteiger partial charge in [0.15, 0.2) is 0 Å². The number of rotatable bonds is 16. The van der Waals surface area contributed by atoms with Gasteiger partial charge >= 0.3 is 5.97 Å². The van der Waals surface area contributed by atoms with E-state index in [0.717, 1.165) is 38.4 Å². The Hall–Kier alpha value is -1.72. The fourth-order valence-corrected chi connectivity index (χ4v) is 4.03. The van der Waals surface area contributed by atoms with E-state index in [1.165, 1.54) is 45.6 Å².